The van der Waals surface area contributed by atoms with E-state index < -0.39 is 35.1 Å². The monoisotopic (exact) mass is 566 g/mol. The summed E-state index contributed by atoms with van der Waals surface area (Å²) in [6.07, 6.45) is 3.14. The summed E-state index contributed by atoms with van der Waals surface area (Å²) in [5.41, 5.74) is -0.846. The van der Waals surface area contributed by atoms with E-state index in [0.717, 1.165) is 0 Å². The second-order valence-electron chi connectivity index (χ2n) is 13.3. The summed E-state index contributed by atoms with van der Waals surface area (Å²) in [7, 11) is -2.67. The number of hydrogen-bond acceptors (Lipinski definition) is 6. The van der Waals surface area contributed by atoms with E-state index in [4.69, 9.17) is 13.6 Å². The van der Waals surface area contributed by atoms with Crippen molar-refractivity contribution >= 4 is 35.9 Å². The van der Waals surface area contributed by atoms with Crippen molar-refractivity contribution in [2.24, 2.45) is 22.7 Å². The molecule has 1 fully saturated rings. The molecule has 216 valence electrons. The highest BCUT2D eigenvalue weighted by Crippen LogP contribution is 2.44. The first-order chi connectivity index (χ1) is 17.4. The normalized spacial score (nSPS) is 24.7. The van der Waals surface area contributed by atoms with Gasteiger partial charge in [0.2, 0.25) is 5.91 Å². The summed E-state index contributed by atoms with van der Waals surface area (Å²) >= 11 is 0. The number of nitrogens with one attached hydrogen (secondary N) is 1. The number of hydrogen-bond donors (Lipinski definition) is 1. The lowest BCUT2D eigenvalue weighted by Gasteiger charge is -2.46. The van der Waals surface area contributed by atoms with Gasteiger partial charge in [-0.25, -0.2) is 4.79 Å². The first-order valence-corrected chi connectivity index (χ1v) is 19.3. The van der Waals surface area contributed by atoms with Crippen molar-refractivity contribution in [3.05, 3.63) is 24.3 Å². The highest BCUT2D eigenvalue weighted by molar-refractivity contribution is 6.48. The van der Waals surface area contributed by atoms with E-state index in [2.05, 4.69) is 58.9 Å². The fourth-order valence-corrected chi connectivity index (χ4v) is 6.37. The number of nitrogens with zero attached hydrogens (tertiary/aromatic N) is 1. The molecular weight excluding hydrogens is 516 g/mol. The maximum Gasteiger partial charge on any atom is 0.411 e. The van der Waals surface area contributed by atoms with Crippen LogP contribution in [0.1, 0.15) is 48.0 Å². The zero-order chi connectivity index (χ0) is 29.1. The summed E-state index contributed by atoms with van der Waals surface area (Å²) in [6, 6.07) is -0.261. The highest BCUT2D eigenvalue weighted by atomic mass is 28.3. The minimum atomic E-state index is -1.41. The number of Topliss-reactive ketones (excluding diaryl/α,β-unsaturated/α-hetero) is 1. The highest BCUT2D eigenvalue weighted by Gasteiger charge is 2.54. The number of ether oxygens (including phenoxy) is 1. The van der Waals surface area contributed by atoms with E-state index in [-0.39, 0.29) is 54.6 Å². The average Bonchev–Trinajstić information content (AvgIpc) is 3.19. The van der Waals surface area contributed by atoms with Crippen molar-refractivity contribution in [1.82, 2.24) is 10.2 Å². The van der Waals surface area contributed by atoms with Gasteiger partial charge in [0, 0.05) is 24.6 Å². The lowest BCUT2D eigenvalue weighted by atomic mass is 9.66. The quantitative estimate of drug-likeness (QED) is 0.217. The van der Waals surface area contributed by atoms with Crippen molar-refractivity contribution < 1.29 is 28.0 Å². The van der Waals surface area contributed by atoms with E-state index in [1.165, 1.54) is 6.08 Å². The molecule has 0 aliphatic carbocycles. The van der Waals surface area contributed by atoms with Crippen molar-refractivity contribution in [3.63, 3.8) is 0 Å². The van der Waals surface area contributed by atoms with Crippen LogP contribution in [0.25, 0.3) is 0 Å². The molecule has 2 heterocycles. The van der Waals surface area contributed by atoms with Crippen LogP contribution in [-0.4, -0.2) is 78.7 Å². The zero-order valence-electron chi connectivity index (χ0n) is 25.2. The molecule has 4 atom stereocenters. The number of carbonyl (C=O) groups excluding carboxylic acids is 3. The second kappa shape index (κ2) is 12.6. The molecule has 0 aromatic heterocycles. The first kappa shape index (κ1) is 32.5. The molecule has 0 aromatic carbocycles. The minimum Gasteiger partial charge on any atom is -0.445 e. The molecule has 0 spiro atoms. The Bertz CT molecular complexity index is 921. The number of carbonyl (C=O) groups is 3. The Morgan fingerprint density at radius 1 is 1.16 bits per heavy atom. The Kier molecular flexibility index (Phi) is 10.8. The van der Waals surface area contributed by atoms with Gasteiger partial charge in [0.05, 0.1) is 24.6 Å². The molecule has 1 N–H and O–H groups in total. The van der Waals surface area contributed by atoms with Crippen LogP contribution in [0, 0.1) is 22.7 Å². The minimum absolute atomic E-state index is 0.00459. The molecule has 10 heteroatoms. The van der Waals surface area contributed by atoms with Crippen LogP contribution in [-0.2, 0) is 23.2 Å². The topological polar surface area (TPSA) is 94.2 Å². The van der Waals surface area contributed by atoms with Crippen molar-refractivity contribution in [3.8, 4) is 0 Å². The van der Waals surface area contributed by atoms with Crippen LogP contribution in [0.2, 0.25) is 26.2 Å². The summed E-state index contributed by atoms with van der Waals surface area (Å²) in [4.78, 5) is 41.3. The molecule has 2 amide bonds. The van der Waals surface area contributed by atoms with Gasteiger partial charge in [-0.05, 0) is 49.0 Å². The molecule has 0 bridgehead atoms. The molecular formula is C28H50N2O6Si2. The van der Waals surface area contributed by atoms with Gasteiger partial charge in [-0.3, -0.25) is 14.5 Å². The van der Waals surface area contributed by atoms with Gasteiger partial charge < -0.3 is 18.9 Å². The van der Waals surface area contributed by atoms with Gasteiger partial charge >= 0.3 is 6.09 Å². The van der Waals surface area contributed by atoms with Crippen molar-refractivity contribution in [2.75, 3.05) is 26.4 Å². The Morgan fingerprint density at radius 2 is 1.76 bits per heavy atom. The maximum atomic E-state index is 13.7. The fourth-order valence-electron chi connectivity index (χ4n) is 5.19. The molecule has 0 aromatic rings. The Morgan fingerprint density at radius 3 is 2.24 bits per heavy atom. The largest absolute Gasteiger partial charge is 0.445 e. The summed E-state index contributed by atoms with van der Waals surface area (Å²) in [5, 5.41) is 2.97. The predicted octanol–water partition coefficient (Wildman–Crippen LogP) is 4.07. The van der Waals surface area contributed by atoms with Crippen LogP contribution in [0.3, 0.4) is 0 Å². The average molecular weight is 567 g/mol. The predicted molar refractivity (Wildman–Crippen MR) is 156 cm³/mol. The smallest absolute Gasteiger partial charge is 0.411 e. The van der Waals surface area contributed by atoms with Crippen LogP contribution in [0.15, 0.2) is 24.3 Å². The number of β-lactam (4-membered cyclic amide) rings is 1. The van der Waals surface area contributed by atoms with E-state index in [9.17, 15) is 14.4 Å². The van der Waals surface area contributed by atoms with Crippen LogP contribution in [0.5, 0.6) is 0 Å². The van der Waals surface area contributed by atoms with Gasteiger partial charge in [0.15, 0.2) is 23.9 Å². The van der Waals surface area contributed by atoms with Crippen molar-refractivity contribution in [1.29, 1.82) is 0 Å². The maximum absolute atomic E-state index is 13.7. The van der Waals surface area contributed by atoms with E-state index in [0.29, 0.717) is 18.8 Å². The molecule has 0 radical (unpaired) electrons. The molecule has 2 aliphatic rings. The fraction of sp³-hybridized carbons (Fsp3) is 0.750. The number of rotatable bonds is 12. The SMILES string of the molecule is C=CCOC(=O)N1CC(C(=O)C[C@H]2NC(=O)[C@H]2[C@@H](CO[SiH](C)C)C(C)(C)C)=CC1(CO[SiH](C)C)C(C)(C)C. The van der Waals surface area contributed by atoms with Crippen molar-refractivity contribution in [2.45, 2.75) is 85.7 Å². The van der Waals surface area contributed by atoms with Crippen LogP contribution >= 0.6 is 0 Å². The number of ketones is 1. The third-order valence-electron chi connectivity index (χ3n) is 7.69. The first-order valence-electron chi connectivity index (χ1n) is 13.8. The molecule has 1 saturated heterocycles. The van der Waals surface area contributed by atoms with E-state index in [1.807, 2.05) is 26.8 Å². The Labute approximate surface area is 233 Å². The van der Waals surface area contributed by atoms with E-state index >= 15 is 0 Å². The van der Waals surface area contributed by atoms with Gasteiger partial charge in [-0.2, -0.15) is 0 Å². The van der Waals surface area contributed by atoms with Gasteiger partial charge in [0.25, 0.3) is 0 Å². The lowest BCUT2D eigenvalue weighted by Crippen LogP contribution is -2.63. The lowest BCUT2D eigenvalue weighted by molar-refractivity contribution is -0.143. The molecule has 2 aliphatic heterocycles. The molecule has 2 rings (SSSR count). The van der Waals surface area contributed by atoms with Gasteiger partial charge in [0.1, 0.15) is 6.61 Å². The summed E-state index contributed by atoms with van der Waals surface area (Å²) in [5.74, 6) is -0.373. The third-order valence-corrected chi connectivity index (χ3v) is 9.38. The molecule has 38 heavy (non-hydrogen) atoms. The van der Waals surface area contributed by atoms with Gasteiger partial charge in [-0.1, -0.05) is 54.2 Å². The summed E-state index contributed by atoms with van der Waals surface area (Å²) < 4.78 is 17.7. The van der Waals surface area contributed by atoms with Crippen LogP contribution < -0.4 is 5.32 Å². The molecule has 1 unspecified atom stereocenters. The standard InChI is InChI=1S/C28H50N2O6Si2/c1-12-13-34-25(33)30-16-19(15-28(30,27(5,6)7)18-36-38(10)11)22(31)14-21-23(24(32)29-21)20(26(2,3)4)17-35-37(8)9/h12,15,20-21,23,37-38H,1,13-14,16-18H2,2-11H3,(H,29,32)/t20-,21-,23+,28?/m1/s1. The summed E-state index contributed by atoms with van der Waals surface area (Å²) in [6.45, 7) is 25.6. The molecule has 8 nitrogen and oxygen atoms in total. The number of amides is 2. The molecule has 0 saturated carbocycles. The third kappa shape index (κ3) is 7.46. The van der Waals surface area contributed by atoms with Crippen LogP contribution in [0.4, 0.5) is 4.79 Å². The zero-order valence-corrected chi connectivity index (χ0v) is 27.5. The Balaban J connectivity index is 2.34. The second-order valence-corrected chi connectivity index (χ2v) is 18.1. The van der Waals surface area contributed by atoms with Gasteiger partial charge in [-0.15, -0.1) is 0 Å². The Hall–Kier alpha value is -1.76. The van der Waals surface area contributed by atoms with E-state index in [1.54, 1.807) is 4.90 Å².